The molecule has 25 heavy (non-hydrogen) atoms. The monoisotopic (exact) mass is 363 g/mol. The summed E-state index contributed by atoms with van der Waals surface area (Å²) in [6.07, 6.45) is 0.570. The standard InChI is InChI=1S/C16H11ClFN3O4/c17-8-1-2-9(10(18)5-8)11-6-13(23)15(12(22)3-4-14(24)25)16-19-7-20-21(11)16/h1-2,5-7,22H,3-4H2,(H,24,25)/b15-12-. The summed E-state index contributed by atoms with van der Waals surface area (Å²) in [6.45, 7) is 0. The van der Waals surface area contributed by atoms with E-state index in [-0.39, 0.29) is 40.0 Å². The van der Waals surface area contributed by atoms with Crippen molar-refractivity contribution in [2.75, 3.05) is 0 Å². The molecule has 3 rings (SSSR count). The molecule has 7 nitrogen and oxygen atoms in total. The molecule has 0 saturated heterocycles. The minimum Gasteiger partial charge on any atom is -0.511 e. The second-order valence-electron chi connectivity index (χ2n) is 5.23. The number of carboxylic acids is 1. The van der Waals surface area contributed by atoms with Crippen molar-refractivity contribution < 1.29 is 19.4 Å². The van der Waals surface area contributed by atoms with Crippen LogP contribution in [-0.4, -0.2) is 30.8 Å². The van der Waals surface area contributed by atoms with E-state index in [1.807, 2.05) is 0 Å². The van der Waals surface area contributed by atoms with Gasteiger partial charge in [-0.05, 0) is 18.2 Å². The molecule has 0 aliphatic carbocycles. The third-order valence-corrected chi connectivity index (χ3v) is 3.82. The van der Waals surface area contributed by atoms with Crippen LogP contribution in [0.5, 0.6) is 0 Å². The number of halogens is 2. The molecule has 0 aliphatic heterocycles. The third-order valence-electron chi connectivity index (χ3n) is 3.59. The second-order valence-corrected chi connectivity index (χ2v) is 5.67. The highest BCUT2D eigenvalue weighted by molar-refractivity contribution is 6.30. The molecule has 2 aromatic heterocycles. The Bertz CT molecular complexity index is 1100. The zero-order valence-corrected chi connectivity index (χ0v) is 13.4. The minimum atomic E-state index is -1.11. The van der Waals surface area contributed by atoms with Crippen LogP contribution in [0, 0.1) is 5.82 Å². The van der Waals surface area contributed by atoms with Gasteiger partial charge in [0.25, 0.3) is 0 Å². The van der Waals surface area contributed by atoms with E-state index in [2.05, 4.69) is 10.1 Å². The Balaban J connectivity index is 2.28. The summed E-state index contributed by atoms with van der Waals surface area (Å²) in [4.78, 5) is 27.0. The molecule has 0 unspecified atom stereocenters. The van der Waals surface area contributed by atoms with Crippen molar-refractivity contribution in [1.29, 1.82) is 0 Å². The Morgan fingerprint density at radius 1 is 1.24 bits per heavy atom. The van der Waals surface area contributed by atoms with Gasteiger partial charge in [-0.25, -0.2) is 13.9 Å². The van der Waals surface area contributed by atoms with Crippen LogP contribution in [0.1, 0.15) is 12.8 Å². The van der Waals surface area contributed by atoms with Gasteiger partial charge in [0, 0.05) is 23.1 Å². The number of pyridine rings is 1. The fourth-order valence-electron chi connectivity index (χ4n) is 2.47. The molecular formula is C16H11ClFN3O4. The van der Waals surface area contributed by atoms with E-state index in [0.29, 0.717) is 0 Å². The number of benzene rings is 1. The lowest BCUT2D eigenvalue weighted by atomic mass is 10.1. The van der Waals surface area contributed by atoms with Gasteiger partial charge in [0.05, 0.1) is 12.1 Å². The largest absolute Gasteiger partial charge is 0.511 e. The van der Waals surface area contributed by atoms with Gasteiger partial charge in [-0.3, -0.25) is 9.59 Å². The predicted octanol–water partition coefficient (Wildman–Crippen LogP) is 1.80. The topological polar surface area (TPSA) is 105 Å². The van der Waals surface area contributed by atoms with Crippen LogP contribution in [-0.2, 0) is 4.79 Å². The predicted molar refractivity (Wildman–Crippen MR) is 87.8 cm³/mol. The third kappa shape index (κ3) is 3.16. The molecule has 0 spiro atoms. The maximum Gasteiger partial charge on any atom is 0.303 e. The Kier molecular flexibility index (Phi) is 4.37. The van der Waals surface area contributed by atoms with Crippen molar-refractivity contribution >= 4 is 29.0 Å². The second kappa shape index (κ2) is 6.48. The summed E-state index contributed by atoms with van der Waals surface area (Å²) in [6, 6.07) is 5.09. The summed E-state index contributed by atoms with van der Waals surface area (Å²) >= 11 is 5.74. The number of nitrogens with zero attached hydrogens (tertiary/aromatic N) is 3. The highest BCUT2D eigenvalue weighted by Crippen LogP contribution is 2.24. The number of carboxylic acid groups (broad SMARTS) is 1. The molecular weight excluding hydrogens is 353 g/mol. The summed E-state index contributed by atoms with van der Waals surface area (Å²) < 4.78 is 15.4. The fraction of sp³-hybridized carbons (Fsp3) is 0.125. The normalized spacial score (nSPS) is 12.4. The molecule has 128 valence electrons. The number of aliphatic hydroxyl groups is 1. The zero-order chi connectivity index (χ0) is 18.1. The summed E-state index contributed by atoms with van der Waals surface area (Å²) in [5, 5.41) is 22.8. The minimum absolute atomic E-state index is 0.0136. The van der Waals surface area contributed by atoms with Crippen LogP contribution in [0.25, 0.3) is 22.7 Å². The molecule has 0 saturated carbocycles. The van der Waals surface area contributed by atoms with E-state index < -0.39 is 23.0 Å². The average molecular weight is 364 g/mol. The number of rotatable bonds is 4. The molecule has 0 aliphatic rings. The highest BCUT2D eigenvalue weighted by atomic mass is 35.5. The number of aliphatic carboxylic acids is 1. The van der Waals surface area contributed by atoms with E-state index in [9.17, 15) is 19.1 Å². The summed E-state index contributed by atoms with van der Waals surface area (Å²) in [5.74, 6) is -2.17. The lowest BCUT2D eigenvalue weighted by Gasteiger charge is -2.07. The van der Waals surface area contributed by atoms with Crippen LogP contribution in [0.3, 0.4) is 0 Å². The van der Waals surface area contributed by atoms with E-state index in [1.165, 1.54) is 16.6 Å². The Labute approximate surface area is 144 Å². The first kappa shape index (κ1) is 16.8. The number of fused-ring (bicyclic) bond motifs is 1. The first-order valence-electron chi connectivity index (χ1n) is 7.14. The van der Waals surface area contributed by atoms with Crippen molar-refractivity contribution in [3.8, 4) is 11.3 Å². The summed E-state index contributed by atoms with van der Waals surface area (Å²) in [5.41, 5.74) is -0.373. The van der Waals surface area contributed by atoms with Crippen molar-refractivity contribution in [2.24, 2.45) is 0 Å². The van der Waals surface area contributed by atoms with Crippen LogP contribution < -0.4 is 10.6 Å². The molecule has 0 amide bonds. The van der Waals surface area contributed by atoms with Gasteiger partial charge >= 0.3 is 5.97 Å². The molecule has 0 fully saturated rings. The van der Waals surface area contributed by atoms with Gasteiger partial charge in [0.2, 0.25) is 0 Å². The van der Waals surface area contributed by atoms with E-state index in [1.54, 1.807) is 0 Å². The number of aromatic nitrogens is 3. The van der Waals surface area contributed by atoms with Gasteiger partial charge in [0.1, 0.15) is 23.1 Å². The first-order chi connectivity index (χ1) is 11.9. The molecule has 0 bridgehead atoms. The van der Waals surface area contributed by atoms with Crippen LogP contribution in [0.15, 0.2) is 35.4 Å². The SMILES string of the molecule is O=C(O)CC/C(O)=c1\c(=O)cc(-c2ccc(Cl)cc2F)n2ncnc12. The van der Waals surface area contributed by atoms with Crippen LogP contribution >= 0.6 is 11.6 Å². The first-order valence-corrected chi connectivity index (χ1v) is 7.52. The van der Waals surface area contributed by atoms with E-state index >= 15 is 0 Å². The van der Waals surface area contributed by atoms with Crippen LogP contribution in [0.2, 0.25) is 5.02 Å². The molecule has 9 heteroatoms. The number of aliphatic hydroxyl groups excluding tert-OH is 1. The molecule has 2 N–H and O–H groups in total. The van der Waals surface area contributed by atoms with Crippen molar-refractivity contribution in [1.82, 2.24) is 14.6 Å². The lowest BCUT2D eigenvalue weighted by molar-refractivity contribution is -0.136. The quantitative estimate of drug-likeness (QED) is 0.732. The van der Waals surface area contributed by atoms with Gasteiger partial charge in [-0.15, -0.1) is 0 Å². The van der Waals surface area contributed by atoms with Crippen molar-refractivity contribution in [2.45, 2.75) is 12.8 Å². The van der Waals surface area contributed by atoms with Gasteiger partial charge in [-0.2, -0.15) is 5.10 Å². The molecule has 0 radical (unpaired) electrons. The Morgan fingerprint density at radius 3 is 2.68 bits per heavy atom. The molecule has 1 aromatic carbocycles. The smallest absolute Gasteiger partial charge is 0.303 e. The maximum absolute atomic E-state index is 14.2. The van der Waals surface area contributed by atoms with E-state index in [4.69, 9.17) is 16.7 Å². The maximum atomic E-state index is 14.2. The average Bonchev–Trinajstić information content (AvgIpc) is 3.01. The van der Waals surface area contributed by atoms with Gasteiger partial charge < -0.3 is 10.2 Å². The Hall–Kier alpha value is -3.00. The highest BCUT2D eigenvalue weighted by Gasteiger charge is 2.16. The van der Waals surface area contributed by atoms with Crippen molar-refractivity contribution in [3.05, 3.63) is 56.9 Å². The zero-order valence-electron chi connectivity index (χ0n) is 12.6. The van der Waals surface area contributed by atoms with Gasteiger partial charge in [-0.1, -0.05) is 11.6 Å². The molecule has 3 aromatic rings. The fourth-order valence-corrected chi connectivity index (χ4v) is 2.63. The molecule has 2 heterocycles. The summed E-state index contributed by atoms with van der Waals surface area (Å²) in [7, 11) is 0. The number of hydrogen-bond donors (Lipinski definition) is 2. The van der Waals surface area contributed by atoms with Crippen LogP contribution in [0.4, 0.5) is 4.39 Å². The Morgan fingerprint density at radius 2 is 2.00 bits per heavy atom. The number of hydrogen-bond acceptors (Lipinski definition) is 5. The van der Waals surface area contributed by atoms with Gasteiger partial charge in [0.15, 0.2) is 11.1 Å². The number of carbonyl (C=O) groups is 1. The molecule has 0 atom stereocenters. The lowest BCUT2D eigenvalue weighted by Crippen LogP contribution is -2.30. The van der Waals surface area contributed by atoms with E-state index in [0.717, 1.165) is 18.5 Å². The van der Waals surface area contributed by atoms with Crippen molar-refractivity contribution in [3.63, 3.8) is 0 Å².